The molecule has 0 aromatic carbocycles. The van der Waals surface area contributed by atoms with E-state index >= 15 is 0 Å². The van der Waals surface area contributed by atoms with Crippen LogP contribution in [0.3, 0.4) is 0 Å². The highest BCUT2D eigenvalue weighted by atomic mass is 32.2. The van der Waals surface area contributed by atoms with Crippen molar-refractivity contribution in [1.29, 1.82) is 0 Å². The number of aliphatic hydroxyl groups excluding tert-OH is 1. The van der Waals surface area contributed by atoms with E-state index in [9.17, 15) is 24.6 Å². The van der Waals surface area contributed by atoms with Crippen LogP contribution in [0.2, 0.25) is 0 Å². The highest BCUT2D eigenvalue weighted by molar-refractivity contribution is 8.00. The average Bonchev–Trinajstić information content (AvgIpc) is 2.46. The van der Waals surface area contributed by atoms with Crippen LogP contribution in [-0.2, 0) is 14.4 Å². The van der Waals surface area contributed by atoms with Gasteiger partial charge >= 0.3 is 5.97 Å². The first kappa shape index (κ1) is 18.5. The quantitative estimate of drug-likeness (QED) is 0.402. The number of carbonyl (C=O) groups excluding carboxylic acids is 2. The number of aliphatic carboxylic acids is 1. The van der Waals surface area contributed by atoms with Crippen molar-refractivity contribution in [2.45, 2.75) is 17.8 Å². The predicted molar refractivity (Wildman–Crippen MR) is 88.6 cm³/mol. The van der Waals surface area contributed by atoms with Gasteiger partial charge in [0.15, 0.2) is 6.04 Å². The van der Waals surface area contributed by atoms with E-state index in [4.69, 9.17) is 5.73 Å². The maximum absolute atomic E-state index is 11.7. The fraction of sp³-hybridized carbons (Fsp3) is 0.533. The molecule has 1 saturated heterocycles. The molecule has 2 atom stereocenters. The molecule has 2 rings (SSSR count). The van der Waals surface area contributed by atoms with Gasteiger partial charge in [-0.3, -0.25) is 14.5 Å². The number of hydrogen-bond acceptors (Lipinski definition) is 5. The summed E-state index contributed by atoms with van der Waals surface area (Å²) in [7, 11) is 3.51. The summed E-state index contributed by atoms with van der Waals surface area (Å²) < 4.78 is 0.149. The molecule has 2 aliphatic rings. The summed E-state index contributed by atoms with van der Waals surface area (Å²) in [6.07, 6.45) is 3.79. The van der Waals surface area contributed by atoms with Crippen molar-refractivity contribution in [3.8, 4) is 0 Å². The van der Waals surface area contributed by atoms with Crippen LogP contribution in [0.5, 0.6) is 0 Å². The first-order valence-corrected chi connectivity index (χ1v) is 8.53. The molecule has 0 unspecified atom stereocenters. The second-order valence-electron chi connectivity index (χ2n) is 6.38. The molecule has 0 saturated carbocycles. The Morgan fingerprint density at radius 3 is 2.67 bits per heavy atom. The van der Waals surface area contributed by atoms with Crippen LogP contribution in [0, 0.1) is 0 Å². The number of carboxylic acid groups (broad SMARTS) is 1. The average molecular weight is 356 g/mol. The Morgan fingerprint density at radius 1 is 1.50 bits per heavy atom. The Morgan fingerprint density at radius 2 is 2.17 bits per heavy atom. The van der Waals surface area contributed by atoms with E-state index in [0.29, 0.717) is 24.3 Å². The molecule has 0 aliphatic carbocycles. The van der Waals surface area contributed by atoms with E-state index in [-0.39, 0.29) is 28.1 Å². The van der Waals surface area contributed by atoms with Crippen molar-refractivity contribution in [3.63, 3.8) is 0 Å². The summed E-state index contributed by atoms with van der Waals surface area (Å²) in [5, 5.41) is 18.7. The molecule has 8 nitrogen and oxygen atoms in total. The van der Waals surface area contributed by atoms with Crippen molar-refractivity contribution in [2.24, 2.45) is 5.73 Å². The van der Waals surface area contributed by atoms with E-state index in [2.05, 4.69) is 0 Å². The van der Waals surface area contributed by atoms with Gasteiger partial charge in [-0.1, -0.05) is 6.08 Å². The van der Waals surface area contributed by atoms with Crippen LogP contribution in [0.4, 0.5) is 0 Å². The fourth-order valence-corrected chi connectivity index (χ4v) is 4.05. The SMILES string of the molecule is C[N+](C)(C/C=C/C1=C(C(=O)O)N2C(=O)C[C@@H]2SC1)[C@H](CO)C(N)=O. The van der Waals surface area contributed by atoms with Gasteiger partial charge in [-0.25, -0.2) is 4.79 Å². The number of carboxylic acids is 1. The largest absolute Gasteiger partial charge is 0.477 e. The van der Waals surface area contributed by atoms with E-state index in [1.54, 1.807) is 26.2 Å². The first-order valence-electron chi connectivity index (χ1n) is 7.48. The van der Waals surface area contributed by atoms with Crippen molar-refractivity contribution in [1.82, 2.24) is 4.90 Å². The van der Waals surface area contributed by atoms with Crippen molar-refractivity contribution >= 4 is 29.5 Å². The summed E-state index contributed by atoms with van der Waals surface area (Å²) in [5.74, 6) is -1.38. The second kappa shape index (κ2) is 6.96. The van der Waals surface area contributed by atoms with Crippen molar-refractivity contribution in [2.75, 3.05) is 33.0 Å². The minimum Gasteiger partial charge on any atom is -0.477 e. The standard InChI is InChI=1S/C15H21N3O5S/c1-18(2,10(7-19)14(16)21)5-3-4-9-8-24-12-6-11(20)17(12)13(9)15(22)23/h3-4,10,12,19H,5-8H2,1-2H3,(H2-,16,21,22,23)/p+1/b4-3+/t10-,12+/m1/s1. The molecular formula is C15H22N3O5S+. The lowest BCUT2D eigenvalue weighted by atomic mass is 10.1. The minimum absolute atomic E-state index is 0.0326. The molecule has 0 aromatic rings. The number of quaternary nitrogens is 1. The molecule has 0 bridgehead atoms. The number of β-lactam (4-membered cyclic amide) rings is 1. The molecule has 132 valence electrons. The highest BCUT2D eigenvalue weighted by Gasteiger charge is 2.44. The van der Waals surface area contributed by atoms with Crippen molar-refractivity contribution < 1.29 is 29.1 Å². The topological polar surface area (TPSA) is 121 Å². The number of nitrogens with two attached hydrogens (primary N) is 1. The maximum atomic E-state index is 11.7. The Bertz CT molecular complexity index is 629. The molecule has 0 spiro atoms. The number of carbonyl (C=O) groups is 3. The second-order valence-corrected chi connectivity index (χ2v) is 7.54. The summed E-state index contributed by atoms with van der Waals surface area (Å²) in [4.78, 5) is 35.9. The number of amides is 2. The van der Waals surface area contributed by atoms with Crippen LogP contribution in [0.1, 0.15) is 6.42 Å². The van der Waals surface area contributed by atoms with Gasteiger partial charge in [-0.2, -0.15) is 0 Å². The van der Waals surface area contributed by atoms with Crippen LogP contribution in [0.15, 0.2) is 23.4 Å². The third-order valence-electron chi connectivity index (χ3n) is 4.32. The lowest BCUT2D eigenvalue weighted by Gasteiger charge is -2.43. The van der Waals surface area contributed by atoms with E-state index in [0.717, 1.165) is 0 Å². The molecule has 24 heavy (non-hydrogen) atoms. The molecular weight excluding hydrogens is 334 g/mol. The molecule has 2 aliphatic heterocycles. The van der Waals surface area contributed by atoms with E-state index < -0.39 is 17.9 Å². The predicted octanol–water partition coefficient (Wildman–Crippen LogP) is -0.891. The Kier molecular flexibility index (Phi) is 5.36. The zero-order valence-electron chi connectivity index (χ0n) is 13.6. The number of allylic oxidation sites excluding steroid dienone is 1. The van der Waals surface area contributed by atoms with Crippen LogP contribution < -0.4 is 5.73 Å². The molecule has 1 fully saturated rings. The lowest BCUT2D eigenvalue weighted by molar-refractivity contribution is -0.900. The van der Waals surface area contributed by atoms with Gasteiger partial charge in [0, 0.05) is 5.75 Å². The third-order valence-corrected chi connectivity index (χ3v) is 5.56. The number of rotatable bonds is 7. The molecule has 2 amide bonds. The van der Waals surface area contributed by atoms with Gasteiger partial charge in [0.1, 0.15) is 12.3 Å². The summed E-state index contributed by atoms with van der Waals surface area (Å²) in [5.41, 5.74) is 5.89. The Hall–Kier alpha value is -1.84. The first-order chi connectivity index (χ1) is 11.2. The van der Waals surface area contributed by atoms with Gasteiger partial charge in [0.25, 0.3) is 5.91 Å². The fourth-order valence-electron chi connectivity index (χ4n) is 2.82. The number of thioether (sulfide) groups is 1. The third kappa shape index (κ3) is 3.47. The zero-order chi connectivity index (χ0) is 18.1. The highest BCUT2D eigenvalue weighted by Crippen LogP contribution is 2.40. The van der Waals surface area contributed by atoms with Gasteiger partial charge < -0.3 is 20.4 Å². The number of nitrogens with zero attached hydrogens (tertiary/aromatic N) is 2. The zero-order valence-corrected chi connectivity index (χ0v) is 14.5. The number of fused-ring (bicyclic) bond motifs is 1. The minimum atomic E-state index is -1.12. The monoisotopic (exact) mass is 356 g/mol. The van der Waals surface area contributed by atoms with Crippen LogP contribution in [0.25, 0.3) is 0 Å². The Labute approximate surface area is 144 Å². The molecule has 0 aromatic heterocycles. The summed E-state index contributed by atoms with van der Waals surface area (Å²) in [6, 6.07) is -0.746. The number of likely N-dealkylation sites (N-methyl/N-ethyl adjacent to an activating group) is 1. The summed E-state index contributed by atoms with van der Waals surface area (Å²) in [6.45, 7) is 0.0195. The molecule has 9 heteroatoms. The van der Waals surface area contributed by atoms with Gasteiger partial charge in [-0.05, 0) is 11.6 Å². The van der Waals surface area contributed by atoms with E-state index in [1.807, 2.05) is 0 Å². The maximum Gasteiger partial charge on any atom is 0.352 e. The Balaban J connectivity index is 2.17. The molecule has 4 N–H and O–H groups in total. The lowest BCUT2D eigenvalue weighted by Crippen LogP contribution is -2.57. The number of aliphatic hydroxyl groups is 1. The van der Waals surface area contributed by atoms with Crippen LogP contribution >= 0.6 is 11.8 Å². The van der Waals surface area contributed by atoms with Crippen LogP contribution in [-0.4, -0.2) is 81.8 Å². The van der Waals surface area contributed by atoms with Crippen molar-refractivity contribution in [3.05, 3.63) is 23.4 Å². The number of primary amides is 1. The van der Waals surface area contributed by atoms with Gasteiger partial charge in [0.05, 0.1) is 32.4 Å². The van der Waals surface area contributed by atoms with E-state index in [1.165, 1.54) is 16.7 Å². The van der Waals surface area contributed by atoms with Gasteiger partial charge in [0.2, 0.25) is 5.91 Å². The normalized spacial score (nSPS) is 22.4. The molecule has 2 heterocycles. The number of hydrogen-bond donors (Lipinski definition) is 3. The molecule has 0 radical (unpaired) electrons. The summed E-state index contributed by atoms with van der Waals surface area (Å²) >= 11 is 1.53. The smallest absolute Gasteiger partial charge is 0.352 e. The van der Waals surface area contributed by atoms with Gasteiger partial charge in [-0.15, -0.1) is 11.8 Å².